The van der Waals surface area contributed by atoms with Crippen LogP contribution in [0.4, 0.5) is 5.82 Å². The highest BCUT2D eigenvalue weighted by Gasteiger charge is 2.22. The van der Waals surface area contributed by atoms with Crippen LogP contribution in [0.15, 0.2) is 24.3 Å². The Balaban J connectivity index is 2.30. The summed E-state index contributed by atoms with van der Waals surface area (Å²) in [6.45, 7) is 0. The molecule has 3 nitrogen and oxygen atoms in total. The number of benzene rings is 1. The Bertz CT molecular complexity index is 714. The Labute approximate surface area is 129 Å². The number of hydrogen-bond acceptors (Lipinski definition) is 3. The lowest BCUT2D eigenvalue weighted by Crippen LogP contribution is -2.11. The van der Waals surface area contributed by atoms with E-state index in [9.17, 15) is 5.26 Å². The third-order valence-electron chi connectivity index (χ3n) is 3.96. The van der Waals surface area contributed by atoms with Crippen LogP contribution in [0.2, 0.25) is 5.02 Å². The molecule has 0 saturated carbocycles. The summed E-state index contributed by atoms with van der Waals surface area (Å²) in [5, 5.41) is 13.4. The summed E-state index contributed by atoms with van der Waals surface area (Å²) in [7, 11) is 1.81. The summed E-state index contributed by atoms with van der Waals surface area (Å²) in [5.41, 5.74) is 5.02. The molecule has 4 heteroatoms. The highest BCUT2D eigenvalue weighted by molar-refractivity contribution is 6.30. The second-order valence-corrected chi connectivity index (χ2v) is 5.65. The smallest absolute Gasteiger partial charge is 0.144 e. The Kier molecular flexibility index (Phi) is 3.81. The lowest BCUT2D eigenvalue weighted by atomic mass is 9.86. The first kappa shape index (κ1) is 13.9. The highest BCUT2D eigenvalue weighted by atomic mass is 35.5. The molecular formula is C17H16ClN3. The van der Waals surface area contributed by atoms with E-state index in [1.54, 1.807) is 0 Å². The average molecular weight is 298 g/mol. The van der Waals surface area contributed by atoms with Gasteiger partial charge in [0.2, 0.25) is 0 Å². The summed E-state index contributed by atoms with van der Waals surface area (Å²) in [6.07, 6.45) is 4.28. The third kappa shape index (κ3) is 2.48. The van der Waals surface area contributed by atoms with Crippen LogP contribution in [0.1, 0.15) is 29.7 Å². The zero-order valence-corrected chi connectivity index (χ0v) is 12.7. The lowest BCUT2D eigenvalue weighted by molar-refractivity contribution is 0.669. The van der Waals surface area contributed by atoms with Gasteiger partial charge in [-0.25, -0.2) is 4.98 Å². The molecule has 1 aromatic carbocycles. The summed E-state index contributed by atoms with van der Waals surface area (Å²) >= 11 is 5.99. The van der Waals surface area contributed by atoms with Crippen LogP contribution >= 0.6 is 11.6 Å². The predicted molar refractivity (Wildman–Crippen MR) is 85.6 cm³/mol. The van der Waals surface area contributed by atoms with Crippen molar-refractivity contribution in [1.82, 2.24) is 4.98 Å². The second kappa shape index (κ2) is 5.75. The molecule has 0 saturated heterocycles. The minimum atomic E-state index is 0.625. The zero-order chi connectivity index (χ0) is 14.8. The van der Waals surface area contributed by atoms with Crippen LogP contribution < -0.4 is 5.32 Å². The van der Waals surface area contributed by atoms with Crippen LogP contribution in [0.25, 0.3) is 11.1 Å². The minimum absolute atomic E-state index is 0.625. The van der Waals surface area contributed by atoms with E-state index in [0.29, 0.717) is 16.4 Å². The molecule has 1 heterocycles. The van der Waals surface area contributed by atoms with Gasteiger partial charge in [0.05, 0.1) is 0 Å². The molecule has 1 aliphatic rings. The van der Waals surface area contributed by atoms with E-state index >= 15 is 0 Å². The Morgan fingerprint density at radius 3 is 2.57 bits per heavy atom. The van der Waals surface area contributed by atoms with E-state index in [0.717, 1.165) is 42.5 Å². The fourth-order valence-electron chi connectivity index (χ4n) is 2.97. The number of aryl methyl sites for hydroxylation is 1. The summed E-state index contributed by atoms with van der Waals surface area (Å²) < 4.78 is 0. The largest absolute Gasteiger partial charge is 0.372 e. The first-order valence-corrected chi connectivity index (χ1v) is 7.52. The van der Waals surface area contributed by atoms with Crippen molar-refractivity contribution in [1.29, 1.82) is 5.26 Å². The molecule has 21 heavy (non-hydrogen) atoms. The molecule has 0 aliphatic heterocycles. The molecule has 0 fully saturated rings. The van der Waals surface area contributed by atoms with E-state index in [1.165, 1.54) is 5.56 Å². The van der Waals surface area contributed by atoms with Gasteiger partial charge in [-0.3, -0.25) is 0 Å². The van der Waals surface area contributed by atoms with Crippen molar-refractivity contribution in [3.05, 3.63) is 46.1 Å². The van der Waals surface area contributed by atoms with Gasteiger partial charge in [0.25, 0.3) is 0 Å². The monoisotopic (exact) mass is 297 g/mol. The van der Waals surface area contributed by atoms with Crippen LogP contribution in [-0.4, -0.2) is 12.0 Å². The van der Waals surface area contributed by atoms with Gasteiger partial charge in [-0.2, -0.15) is 5.26 Å². The maximum Gasteiger partial charge on any atom is 0.144 e. The van der Waals surface area contributed by atoms with Crippen molar-refractivity contribution in [2.45, 2.75) is 25.7 Å². The predicted octanol–water partition coefficient (Wildman–Crippen LogP) is 4.19. The standard InChI is InChI=1S/C17H16ClN3/c1-20-17-14(10-19)16(11-6-8-12(18)9-7-11)13-4-2-3-5-15(13)21-17/h6-9H,2-5H2,1H3,(H,20,21). The summed E-state index contributed by atoms with van der Waals surface area (Å²) in [6, 6.07) is 10.0. The van der Waals surface area contributed by atoms with E-state index in [4.69, 9.17) is 11.6 Å². The fourth-order valence-corrected chi connectivity index (χ4v) is 3.09. The zero-order valence-electron chi connectivity index (χ0n) is 11.9. The number of fused-ring (bicyclic) bond motifs is 1. The quantitative estimate of drug-likeness (QED) is 0.904. The van der Waals surface area contributed by atoms with Crippen LogP contribution in [0, 0.1) is 11.3 Å². The maximum atomic E-state index is 9.59. The van der Waals surface area contributed by atoms with Crippen molar-refractivity contribution >= 4 is 17.4 Å². The van der Waals surface area contributed by atoms with E-state index in [2.05, 4.69) is 16.4 Å². The molecule has 1 aliphatic carbocycles. The summed E-state index contributed by atoms with van der Waals surface area (Å²) in [4.78, 5) is 4.65. The van der Waals surface area contributed by atoms with Crippen LogP contribution in [0.5, 0.6) is 0 Å². The van der Waals surface area contributed by atoms with Gasteiger partial charge in [-0.05, 0) is 48.9 Å². The normalized spacial score (nSPS) is 13.4. The van der Waals surface area contributed by atoms with Crippen molar-refractivity contribution in [3.8, 4) is 17.2 Å². The molecule has 0 radical (unpaired) electrons. The SMILES string of the molecule is CNc1nc2c(c(-c3ccc(Cl)cc3)c1C#N)CCCC2. The number of nitrogens with zero attached hydrogens (tertiary/aromatic N) is 2. The number of halogens is 1. The first-order valence-electron chi connectivity index (χ1n) is 7.14. The molecule has 106 valence electrons. The number of hydrogen-bond donors (Lipinski definition) is 1. The lowest BCUT2D eigenvalue weighted by Gasteiger charge is -2.22. The number of aromatic nitrogens is 1. The van der Waals surface area contributed by atoms with E-state index in [1.807, 2.05) is 31.3 Å². The molecule has 0 amide bonds. The topological polar surface area (TPSA) is 48.7 Å². The number of anilines is 1. The highest BCUT2D eigenvalue weighted by Crippen LogP contribution is 2.36. The number of nitrogens with one attached hydrogen (secondary N) is 1. The Morgan fingerprint density at radius 2 is 1.90 bits per heavy atom. The molecule has 3 rings (SSSR count). The molecular weight excluding hydrogens is 282 g/mol. The molecule has 1 aromatic heterocycles. The molecule has 2 aromatic rings. The van der Waals surface area contributed by atoms with Crippen molar-refractivity contribution in [2.75, 3.05) is 12.4 Å². The summed E-state index contributed by atoms with van der Waals surface area (Å²) in [5.74, 6) is 0.670. The van der Waals surface area contributed by atoms with E-state index in [-0.39, 0.29) is 0 Å². The van der Waals surface area contributed by atoms with Crippen molar-refractivity contribution in [3.63, 3.8) is 0 Å². The van der Waals surface area contributed by atoms with Gasteiger partial charge in [0.1, 0.15) is 17.5 Å². The molecule has 0 unspecified atom stereocenters. The molecule has 0 bridgehead atoms. The van der Waals surface area contributed by atoms with Crippen molar-refractivity contribution < 1.29 is 0 Å². The van der Waals surface area contributed by atoms with Gasteiger partial charge in [0.15, 0.2) is 0 Å². The van der Waals surface area contributed by atoms with Gasteiger partial charge in [0, 0.05) is 23.3 Å². The third-order valence-corrected chi connectivity index (χ3v) is 4.21. The van der Waals surface area contributed by atoms with E-state index < -0.39 is 0 Å². The van der Waals surface area contributed by atoms with Crippen LogP contribution in [0.3, 0.4) is 0 Å². The number of nitriles is 1. The van der Waals surface area contributed by atoms with Gasteiger partial charge < -0.3 is 5.32 Å². The average Bonchev–Trinajstić information content (AvgIpc) is 2.53. The Morgan fingerprint density at radius 1 is 1.19 bits per heavy atom. The fraction of sp³-hybridized carbons (Fsp3) is 0.294. The van der Waals surface area contributed by atoms with Gasteiger partial charge >= 0.3 is 0 Å². The number of pyridine rings is 1. The molecule has 0 atom stereocenters. The Hall–Kier alpha value is -2.05. The van der Waals surface area contributed by atoms with Gasteiger partial charge in [-0.1, -0.05) is 23.7 Å². The number of rotatable bonds is 2. The van der Waals surface area contributed by atoms with Crippen molar-refractivity contribution in [2.24, 2.45) is 0 Å². The molecule has 0 spiro atoms. The second-order valence-electron chi connectivity index (χ2n) is 5.21. The van der Waals surface area contributed by atoms with Gasteiger partial charge in [-0.15, -0.1) is 0 Å². The maximum absolute atomic E-state index is 9.59. The van der Waals surface area contributed by atoms with Crippen LogP contribution in [-0.2, 0) is 12.8 Å². The minimum Gasteiger partial charge on any atom is -0.372 e. The molecule has 1 N–H and O–H groups in total. The first-order chi connectivity index (χ1) is 10.2.